The minimum atomic E-state index is 0.356. The van der Waals surface area contributed by atoms with E-state index in [9.17, 15) is 0 Å². The molecule has 16 heavy (non-hydrogen) atoms. The summed E-state index contributed by atoms with van der Waals surface area (Å²) in [7, 11) is 0. The molecule has 1 heteroatoms. The molecule has 1 nitrogen and oxygen atoms in total. The van der Waals surface area contributed by atoms with Crippen molar-refractivity contribution in [2.45, 2.75) is 46.5 Å². The van der Waals surface area contributed by atoms with Crippen molar-refractivity contribution in [3.8, 4) is 0 Å². The molecular weight excluding hydrogens is 194 g/mol. The third kappa shape index (κ3) is 2.23. The first-order chi connectivity index (χ1) is 7.48. The van der Waals surface area contributed by atoms with Crippen LogP contribution in [0.3, 0.4) is 0 Å². The summed E-state index contributed by atoms with van der Waals surface area (Å²) < 4.78 is 0. The molecule has 1 N–H and O–H groups in total. The quantitative estimate of drug-likeness (QED) is 0.682. The maximum Gasteiger partial charge on any atom is 0.0375 e. The number of fused-ring (bicyclic) bond motifs is 1. The van der Waals surface area contributed by atoms with Crippen LogP contribution in [0.25, 0.3) is 0 Å². The SMILES string of the molecule is Cc1ccc2c(c1)C(C(C)(C)C)CCCN2. The Morgan fingerprint density at radius 1 is 1.25 bits per heavy atom. The van der Waals surface area contributed by atoms with Crippen LogP contribution in [-0.4, -0.2) is 6.54 Å². The molecule has 0 amide bonds. The smallest absolute Gasteiger partial charge is 0.0375 e. The van der Waals surface area contributed by atoms with E-state index in [-0.39, 0.29) is 0 Å². The van der Waals surface area contributed by atoms with Crippen molar-refractivity contribution in [2.75, 3.05) is 11.9 Å². The molecule has 0 bridgehead atoms. The van der Waals surface area contributed by atoms with Crippen molar-refractivity contribution >= 4 is 5.69 Å². The summed E-state index contributed by atoms with van der Waals surface area (Å²) in [5.74, 6) is 0.678. The molecule has 0 saturated carbocycles. The normalized spacial score (nSPS) is 20.9. The number of rotatable bonds is 0. The number of anilines is 1. The van der Waals surface area contributed by atoms with E-state index < -0.39 is 0 Å². The highest BCUT2D eigenvalue weighted by Gasteiger charge is 2.29. The predicted molar refractivity (Wildman–Crippen MR) is 71.1 cm³/mol. The average molecular weight is 217 g/mol. The fourth-order valence-corrected chi connectivity index (χ4v) is 2.72. The number of benzene rings is 1. The lowest BCUT2D eigenvalue weighted by Gasteiger charge is -2.31. The second-order valence-electron chi connectivity index (χ2n) is 6.08. The van der Waals surface area contributed by atoms with Gasteiger partial charge in [-0.25, -0.2) is 0 Å². The Bertz CT molecular complexity index is 374. The van der Waals surface area contributed by atoms with Crippen LogP contribution in [0.4, 0.5) is 5.69 Å². The molecule has 0 fully saturated rings. The largest absolute Gasteiger partial charge is 0.385 e. The van der Waals surface area contributed by atoms with E-state index in [0.29, 0.717) is 11.3 Å². The van der Waals surface area contributed by atoms with Crippen molar-refractivity contribution in [1.29, 1.82) is 0 Å². The van der Waals surface area contributed by atoms with Gasteiger partial charge in [0.2, 0.25) is 0 Å². The van der Waals surface area contributed by atoms with Gasteiger partial charge < -0.3 is 5.32 Å². The highest BCUT2D eigenvalue weighted by molar-refractivity contribution is 5.55. The summed E-state index contributed by atoms with van der Waals surface area (Å²) in [5.41, 5.74) is 4.60. The average Bonchev–Trinajstić information content (AvgIpc) is 2.38. The zero-order chi connectivity index (χ0) is 11.8. The summed E-state index contributed by atoms with van der Waals surface area (Å²) >= 11 is 0. The molecule has 1 heterocycles. The zero-order valence-electron chi connectivity index (χ0n) is 10.9. The number of hydrogen-bond donors (Lipinski definition) is 1. The fraction of sp³-hybridized carbons (Fsp3) is 0.600. The Kier molecular flexibility index (Phi) is 2.96. The molecule has 1 aromatic carbocycles. The highest BCUT2D eigenvalue weighted by atomic mass is 14.9. The van der Waals surface area contributed by atoms with Gasteiger partial charge in [-0.3, -0.25) is 0 Å². The molecule has 0 aromatic heterocycles. The molecular formula is C15H23N. The van der Waals surface area contributed by atoms with E-state index >= 15 is 0 Å². The van der Waals surface area contributed by atoms with E-state index in [4.69, 9.17) is 0 Å². The van der Waals surface area contributed by atoms with E-state index in [1.807, 2.05) is 0 Å². The van der Waals surface area contributed by atoms with Gasteiger partial charge in [0, 0.05) is 12.2 Å². The molecule has 0 spiro atoms. The third-order valence-electron chi connectivity index (χ3n) is 3.61. The molecule has 1 aliphatic heterocycles. The van der Waals surface area contributed by atoms with Crippen molar-refractivity contribution in [3.63, 3.8) is 0 Å². The van der Waals surface area contributed by atoms with Crippen LogP contribution < -0.4 is 5.32 Å². The lowest BCUT2D eigenvalue weighted by atomic mass is 9.74. The second-order valence-corrected chi connectivity index (χ2v) is 6.08. The Hall–Kier alpha value is -0.980. The van der Waals surface area contributed by atoms with Crippen molar-refractivity contribution in [3.05, 3.63) is 29.3 Å². The minimum absolute atomic E-state index is 0.356. The molecule has 88 valence electrons. The van der Waals surface area contributed by atoms with E-state index in [1.54, 1.807) is 0 Å². The molecule has 2 rings (SSSR count). The number of nitrogens with one attached hydrogen (secondary N) is 1. The lowest BCUT2D eigenvalue weighted by molar-refractivity contribution is 0.305. The number of hydrogen-bond acceptors (Lipinski definition) is 1. The number of aryl methyl sites for hydroxylation is 1. The van der Waals surface area contributed by atoms with E-state index in [0.717, 1.165) is 6.54 Å². The van der Waals surface area contributed by atoms with Gasteiger partial charge in [-0.2, -0.15) is 0 Å². The Labute approximate surface area is 99.3 Å². The van der Waals surface area contributed by atoms with Crippen LogP contribution in [0.1, 0.15) is 50.7 Å². The summed E-state index contributed by atoms with van der Waals surface area (Å²) in [6.07, 6.45) is 2.57. The molecule has 0 radical (unpaired) electrons. The molecule has 0 aliphatic carbocycles. The van der Waals surface area contributed by atoms with Crippen LogP contribution in [0.5, 0.6) is 0 Å². The van der Waals surface area contributed by atoms with E-state index in [2.05, 4.69) is 51.2 Å². The van der Waals surface area contributed by atoms with Crippen LogP contribution >= 0.6 is 0 Å². The summed E-state index contributed by atoms with van der Waals surface area (Å²) in [6.45, 7) is 10.4. The maximum atomic E-state index is 3.55. The van der Waals surface area contributed by atoms with Crippen molar-refractivity contribution in [1.82, 2.24) is 0 Å². The van der Waals surface area contributed by atoms with E-state index in [1.165, 1.54) is 29.7 Å². The monoisotopic (exact) mass is 217 g/mol. The van der Waals surface area contributed by atoms with Crippen LogP contribution in [0.2, 0.25) is 0 Å². The van der Waals surface area contributed by atoms with Gasteiger partial charge in [0.05, 0.1) is 0 Å². The standard InChI is InChI=1S/C15H23N/c1-11-7-8-14-12(10-11)13(15(2,3)4)6-5-9-16-14/h7-8,10,13,16H,5-6,9H2,1-4H3. The highest BCUT2D eigenvalue weighted by Crippen LogP contribution is 2.43. The van der Waals surface area contributed by atoms with Crippen LogP contribution in [0.15, 0.2) is 18.2 Å². The Balaban J connectivity index is 2.47. The second kappa shape index (κ2) is 4.12. The fourth-order valence-electron chi connectivity index (χ4n) is 2.72. The maximum absolute atomic E-state index is 3.55. The van der Waals surface area contributed by atoms with Gasteiger partial charge in [0.15, 0.2) is 0 Å². The van der Waals surface area contributed by atoms with Gasteiger partial charge in [0.1, 0.15) is 0 Å². The summed E-state index contributed by atoms with van der Waals surface area (Å²) in [4.78, 5) is 0. The summed E-state index contributed by atoms with van der Waals surface area (Å²) in [5, 5.41) is 3.55. The van der Waals surface area contributed by atoms with Gasteiger partial charge in [0.25, 0.3) is 0 Å². The first kappa shape index (κ1) is 11.5. The van der Waals surface area contributed by atoms with Crippen molar-refractivity contribution < 1.29 is 0 Å². The first-order valence-corrected chi connectivity index (χ1v) is 6.33. The first-order valence-electron chi connectivity index (χ1n) is 6.33. The van der Waals surface area contributed by atoms with Crippen LogP contribution in [0, 0.1) is 12.3 Å². The predicted octanol–water partition coefficient (Wildman–Crippen LogP) is 4.33. The van der Waals surface area contributed by atoms with Crippen LogP contribution in [-0.2, 0) is 0 Å². The van der Waals surface area contributed by atoms with Gasteiger partial charge in [-0.15, -0.1) is 0 Å². The Morgan fingerprint density at radius 3 is 2.69 bits per heavy atom. The lowest BCUT2D eigenvalue weighted by Crippen LogP contribution is -2.18. The van der Waals surface area contributed by atoms with Gasteiger partial charge in [-0.1, -0.05) is 38.5 Å². The topological polar surface area (TPSA) is 12.0 Å². The Morgan fingerprint density at radius 2 is 2.00 bits per heavy atom. The molecule has 1 unspecified atom stereocenters. The van der Waals surface area contributed by atoms with Gasteiger partial charge >= 0.3 is 0 Å². The molecule has 1 aromatic rings. The molecule has 1 atom stereocenters. The minimum Gasteiger partial charge on any atom is -0.385 e. The van der Waals surface area contributed by atoms with Crippen molar-refractivity contribution in [2.24, 2.45) is 5.41 Å². The third-order valence-corrected chi connectivity index (χ3v) is 3.61. The molecule has 0 saturated heterocycles. The zero-order valence-corrected chi connectivity index (χ0v) is 10.9. The summed E-state index contributed by atoms with van der Waals surface area (Å²) in [6, 6.07) is 6.81. The molecule has 1 aliphatic rings. The van der Waals surface area contributed by atoms with Gasteiger partial charge in [-0.05, 0) is 42.7 Å².